The van der Waals surface area contributed by atoms with Gasteiger partial charge in [-0.2, -0.15) is 5.10 Å². The van der Waals surface area contributed by atoms with Gasteiger partial charge in [-0.25, -0.2) is 9.67 Å². The first-order chi connectivity index (χ1) is 10.7. The fourth-order valence-electron chi connectivity index (χ4n) is 3.82. The van der Waals surface area contributed by atoms with E-state index in [1.807, 2.05) is 4.68 Å². The Hall–Kier alpha value is -1.43. The van der Waals surface area contributed by atoms with Gasteiger partial charge in [-0.15, -0.1) is 0 Å². The second-order valence-corrected chi connectivity index (χ2v) is 6.80. The number of piperidine rings is 2. The van der Waals surface area contributed by atoms with E-state index in [1.165, 1.54) is 12.8 Å². The van der Waals surface area contributed by atoms with Crippen LogP contribution in [0, 0.1) is 0 Å². The van der Waals surface area contributed by atoms with Gasteiger partial charge in [-0.05, 0) is 46.1 Å². The average Bonchev–Trinajstić information content (AvgIpc) is 3.09. The third-order valence-electron chi connectivity index (χ3n) is 5.01. The van der Waals surface area contributed by atoms with Crippen molar-refractivity contribution in [1.82, 2.24) is 24.6 Å². The summed E-state index contributed by atoms with van der Waals surface area (Å²) in [6.07, 6.45) is 8.84. The van der Waals surface area contributed by atoms with E-state index in [1.54, 1.807) is 12.7 Å². The highest BCUT2D eigenvalue weighted by molar-refractivity contribution is 5.82. The normalized spacial score (nSPS) is 27.3. The number of carbonyl (C=O) groups excluding carboxylic acids is 1. The third-order valence-corrected chi connectivity index (χ3v) is 5.01. The molecule has 2 saturated heterocycles. The molecular formula is C16H27N5O. The maximum absolute atomic E-state index is 13.0. The quantitative estimate of drug-likeness (QED) is 0.853. The molecule has 0 aromatic carbocycles. The number of aromatic nitrogens is 3. The average molecular weight is 305 g/mol. The maximum Gasteiger partial charge on any atom is 0.240 e. The van der Waals surface area contributed by atoms with Gasteiger partial charge in [0.2, 0.25) is 5.91 Å². The summed E-state index contributed by atoms with van der Waals surface area (Å²) in [5.41, 5.74) is 0. The minimum atomic E-state index is 0.0725. The van der Waals surface area contributed by atoms with Gasteiger partial charge in [0, 0.05) is 19.1 Å². The lowest BCUT2D eigenvalue weighted by Gasteiger charge is -2.42. The fraction of sp³-hybridized carbons (Fsp3) is 0.812. The van der Waals surface area contributed by atoms with Crippen molar-refractivity contribution in [3.63, 3.8) is 0 Å². The molecule has 0 bridgehead atoms. The number of hydrogen-bond acceptors (Lipinski definition) is 4. The van der Waals surface area contributed by atoms with Gasteiger partial charge in [0.05, 0.1) is 12.1 Å². The molecule has 6 heteroatoms. The molecule has 3 heterocycles. The lowest BCUT2D eigenvalue weighted by Crippen LogP contribution is -2.55. The van der Waals surface area contributed by atoms with Crippen LogP contribution in [-0.4, -0.2) is 62.2 Å². The van der Waals surface area contributed by atoms with Gasteiger partial charge < -0.3 is 4.90 Å². The van der Waals surface area contributed by atoms with E-state index in [0.717, 1.165) is 38.9 Å². The summed E-state index contributed by atoms with van der Waals surface area (Å²) >= 11 is 0. The first kappa shape index (κ1) is 15.5. The molecular weight excluding hydrogens is 278 g/mol. The van der Waals surface area contributed by atoms with Crippen LogP contribution in [0.4, 0.5) is 0 Å². The Morgan fingerprint density at radius 1 is 1.18 bits per heavy atom. The van der Waals surface area contributed by atoms with Gasteiger partial charge in [0.15, 0.2) is 0 Å². The first-order valence-corrected chi connectivity index (χ1v) is 8.55. The first-order valence-electron chi connectivity index (χ1n) is 8.55. The van der Waals surface area contributed by atoms with E-state index >= 15 is 0 Å². The molecule has 0 unspecified atom stereocenters. The zero-order valence-electron chi connectivity index (χ0n) is 13.7. The molecule has 1 aromatic heterocycles. The van der Waals surface area contributed by atoms with E-state index in [0.29, 0.717) is 11.9 Å². The van der Waals surface area contributed by atoms with Crippen molar-refractivity contribution in [1.29, 1.82) is 0 Å². The van der Waals surface area contributed by atoms with Crippen LogP contribution in [0.2, 0.25) is 0 Å². The zero-order chi connectivity index (χ0) is 15.5. The molecule has 0 N–H and O–H groups in total. The molecule has 6 nitrogen and oxygen atoms in total. The van der Waals surface area contributed by atoms with Gasteiger partial charge in [0.25, 0.3) is 0 Å². The highest BCUT2D eigenvalue weighted by Crippen LogP contribution is 2.25. The lowest BCUT2D eigenvalue weighted by atomic mass is 9.97. The summed E-state index contributed by atoms with van der Waals surface area (Å²) in [5.74, 6) is 0.318. The molecule has 0 saturated carbocycles. The molecule has 22 heavy (non-hydrogen) atoms. The molecule has 2 aliphatic rings. The van der Waals surface area contributed by atoms with Crippen LogP contribution in [-0.2, 0) is 4.79 Å². The summed E-state index contributed by atoms with van der Waals surface area (Å²) in [6.45, 7) is 7.09. The van der Waals surface area contributed by atoms with Crippen molar-refractivity contribution in [3.05, 3.63) is 12.7 Å². The molecule has 2 fully saturated rings. The highest BCUT2D eigenvalue weighted by atomic mass is 16.2. The van der Waals surface area contributed by atoms with Crippen molar-refractivity contribution in [3.8, 4) is 0 Å². The molecule has 1 aromatic rings. The molecule has 0 aliphatic carbocycles. The Bertz CT molecular complexity index is 487. The summed E-state index contributed by atoms with van der Waals surface area (Å²) in [6, 6.07) is 0.782. The molecule has 1 amide bonds. The summed E-state index contributed by atoms with van der Waals surface area (Å²) in [7, 11) is 0. The van der Waals surface area contributed by atoms with Gasteiger partial charge in [-0.1, -0.05) is 6.42 Å². The number of rotatable bonds is 3. The van der Waals surface area contributed by atoms with Crippen LogP contribution < -0.4 is 0 Å². The van der Waals surface area contributed by atoms with E-state index < -0.39 is 0 Å². The minimum Gasteiger partial charge on any atom is -0.339 e. The number of hydrogen-bond donors (Lipinski definition) is 0. The molecule has 0 radical (unpaired) electrons. The highest BCUT2D eigenvalue weighted by Gasteiger charge is 2.35. The predicted octanol–water partition coefficient (Wildman–Crippen LogP) is 1.70. The second kappa shape index (κ2) is 6.77. The molecule has 2 atom stereocenters. The van der Waals surface area contributed by atoms with Crippen LogP contribution in [0.25, 0.3) is 0 Å². The predicted molar refractivity (Wildman–Crippen MR) is 84.4 cm³/mol. The van der Waals surface area contributed by atoms with Crippen LogP contribution >= 0.6 is 0 Å². The third kappa shape index (κ3) is 3.16. The van der Waals surface area contributed by atoms with Gasteiger partial charge in [-0.3, -0.25) is 9.69 Å². The summed E-state index contributed by atoms with van der Waals surface area (Å²) < 4.78 is 1.90. The van der Waals surface area contributed by atoms with Crippen LogP contribution in [0.1, 0.15) is 52.0 Å². The fourth-order valence-corrected chi connectivity index (χ4v) is 3.82. The Kier molecular flexibility index (Phi) is 4.76. The largest absolute Gasteiger partial charge is 0.339 e. The summed E-state index contributed by atoms with van der Waals surface area (Å²) in [5, 5.41) is 4.25. The number of likely N-dealkylation sites (tertiary alicyclic amines) is 2. The lowest BCUT2D eigenvalue weighted by molar-refractivity contribution is -0.141. The van der Waals surface area contributed by atoms with Crippen molar-refractivity contribution in [2.24, 2.45) is 0 Å². The number of carbonyl (C=O) groups is 1. The van der Waals surface area contributed by atoms with E-state index in [4.69, 9.17) is 0 Å². The Morgan fingerprint density at radius 3 is 2.77 bits per heavy atom. The standard InChI is InChI=1S/C16H27N5O/c1-13(2)20-9-4-3-7-15(20)16(22)19-8-5-6-14(10-19)21-12-17-11-18-21/h11-15H,3-10H2,1-2H3/t14-,15-/m0/s1. The van der Waals surface area contributed by atoms with Crippen LogP contribution in [0.3, 0.4) is 0 Å². The van der Waals surface area contributed by atoms with E-state index in [-0.39, 0.29) is 12.1 Å². The van der Waals surface area contributed by atoms with E-state index in [2.05, 4.69) is 33.7 Å². The SMILES string of the molecule is CC(C)N1CCCC[C@H]1C(=O)N1CCC[C@H](n2cncn2)C1. The summed E-state index contributed by atoms with van der Waals surface area (Å²) in [4.78, 5) is 21.5. The van der Waals surface area contributed by atoms with Crippen molar-refractivity contribution >= 4 is 5.91 Å². The minimum absolute atomic E-state index is 0.0725. The van der Waals surface area contributed by atoms with Gasteiger partial charge >= 0.3 is 0 Å². The smallest absolute Gasteiger partial charge is 0.240 e. The second-order valence-electron chi connectivity index (χ2n) is 6.80. The van der Waals surface area contributed by atoms with Crippen molar-refractivity contribution in [2.45, 2.75) is 64.1 Å². The number of nitrogens with zero attached hydrogens (tertiary/aromatic N) is 5. The molecule has 3 rings (SSSR count). The zero-order valence-corrected chi connectivity index (χ0v) is 13.7. The van der Waals surface area contributed by atoms with Crippen LogP contribution in [0.5, 0.6) is 0 Å². The topological polar surface area (TPSA) is 54.3 Å². The Balaban J connectivity index is 1.68. The van der Waals surface area contributed by atoms with Crippen LogP contribution in [0.15, 0.2) is 12.7 Å². The molecule has 2 aliphatic heterocycles. The van der Waals surface area contributed by atoms with Gasteiger partial charge in [0.1, 0.15) is 12.7 Å². The van der Waals surface area contributed by atoms with Crippen molar-refractivity contribution < 1.29 is 4.79 Å². The van der Waals surface area contributed by atoms with Crippen molar-refractivity contribution in [2.75, 3.05) is 19.6 Å². The maximum atomic E-state index is 13.0. The Morgan fingerprint density at radius 2 is 2.05 bits per heavy atom. The monoisotopic (exact) mass is 305 g/mol. The Labute approximate surface area is 132 Å². The number of amides is 1. The van der Waals surface area contributed by atoms with E-state index in [9.17, 15) is 4.79 Å². The molecule has 0 spiro atoms. The molecule has 122 valence electrons.